The van der Waals surface area contributed by atoms with E-state index < -0.39 is 5.60 Å². The Morgan fingerprint density at radius 3 is 2.10 bits per heavy atom. The van der Waals surface area contributed by atoms with Gasteiger partial charge in [0.05, 0.1) is 18.7 Å². The van der Waals surface area contributed by atoms with Crippen LogP contribution in [0.15, 0.2) is 109 Å². The van der Waals surface area contributed by atoms with Gasteiger partial charge in [-0.05, 0) is 35.7 Å². The smallest absolute Gasteiger partial charge is 0.178 e. The fourth-order valence-electron chi connectivity index (χ4n) is 6.70. The van der Waals surface area contributed by atoms with Gasteiger partial charge >= 0.3 is 0 Å². The molecule has 0 amide bonds. The average Bonchev–Trinajstić information content (AvgIpc) is 3.34. The number of aromatic nitrogens is 1. The number of rotatable bonds is 3. The third-order valence-corrected chi connectivity index (χ3v) is 8.67. The molecule has 4 nitrogen and oxygen atoms in total. The van der Waals surface area contributed by atoms with Crippen LogP contribution in [0.5, 0.6) is 5.75 Å². The van der Waals surface area contributed by atoms with E-state index in [1.165, 1.54) is 32.9 Å². The number of fused-ring (bicyclic) bond motifs is 8. The molecule has 3 heterocycles. The summed E-state index contributed by atoms with van der Waals surface area (Å²) in [6, 6.07) is 36.8. The van der Waals surface area contributed by atoms with Gasteiger partial charge in [-0.25, -0.2) is 0 Å². The van der Waals surface area contributed by atoms with Crippen molar-refractivity contribution in [3.63, 3.8) is 0 Å². The molecule has 196 valence electrons. The maximum Gasteiger partial charge on any atom is 0.178 e. The topological polar surface area (TPSA) is 26.6 Å². The Kier molecular flexibility index (Phi) is 5.26. The predicted octanol–water partition coefficient (Wildman–Crippen LogP) is 7.67. The molecule has 1 aromatic heterocycles. The highest BCUT2D eigenvalue weighted by molar-refractivity contribution is 6.24. The zero-order valence-corrected chi connectivity index (χ0v) is 22.5. The van der Waals surface area contributed by atoms with Gasteiger partial charge in [0.15, 0.2) is 5.60 Å². The second-order valence-electron chi connectivity index (χ2n) is 10.8. The van der Waals surface area contributed by atoms with Crippen LogP contribution in [-0.4, -0.2) is 30.9 Å². The van der Waals surface area contributed by atoms with Crippen LogP contribution < -0.4 is 9.64 Å². The maximum absolute atomic E-state index is 7.32. The lowest BCUT2D eigenvalue weighted by Gasteiger charge is -2.37. The summed E-state index contributed by atoms with van der Waals surface area (Å²) in [5.41, 5.74) is 6.25. The van der Waals surface area contributed by atoms with Gasteiger partial charge in [0.25, 0.3) is 0 Å². The lowest BCUT2D eigenvalue weighted by Crippen LogP contribution is -2.36. The predicted molar refractivity (Wildman–Crippen MR) is 164 cm³/mol. The zero-order valence-electron chi connectivity index (χ0n) is 22.5. The monoisotopic (exact) mass is 522 g/mol. The minimum absolute atomic E-state index is 0.751. The second-order valence-corrected chi connectivity index (χ2v) is 10.8. The summed E-state index contributed by atoms with van der Waals surface area (Å²) in [5, 5.41) is 4.90. The Balaban J connectivity index is 1.37. The van der Waals surface area contributed by atoms with Crippen LogP contribution in [0, 0.1) is 0 Å². The Bertz CT molecular complexity index is 1910. The Morgan fingerprint density at radius 1 is 0.675 bits per heavy atom. The van der Waals surface area contributed by atoms with E-state index in [1.807, 2.05) is 0 Å². The molecule has 2 aliphatic heterocycles. The molecule has 5 aromatic carbocycles. The van der Waals surface area contributed by atoms with Crippen LogP contribution in [0.25, 0.3) is 38.7 Å². The van der Waals surface area contributed by atoms with Crippen LogP contribution in [0.4, 0.5) is 5.69 Å². The maximum atomic E-state index is 7.32. The number of para-hydroxylation sites is 1. The summed E-state index contributed by atoms with van der Waals surface area (Å²) in [6.45, 7) is 3.38. The van der Waals surface area contributed by atoms with Crippen LogP contribution >= 0.6 is 0 Å². The normalized spacial score (nSPS) is 18.8. The molecule has 1 fully saturated rings. The van der Waals surface area contributed by atoms with Crippen molar-refractivity contribution < 1.29 is 9.47 Å². The largest absolute Gasteiger partial charge is 0.472 e. The van der Waals surface area contributed by atoms with Crippen molar-refractivity contribution in [3.05, 3.63) is 126 Å². The van der Waals surface area contributed by atoms with Crippen LogP contribution in [0.1, 0.15) is 16.7 Å². The highest BCUT2D eigenvalue weighted by Gasteiger charge is 2.39. The van der Waals surface area contributed by atoms with Gasteiger partial charge in [-0.2, -0.15) is 0 Å². The minimum atomic E-state index is -0.751. The number of nitrogens with zero attached hydrogens (tertiary/aromatic N) is 2. The van der Waals surface area contributed by atoms with Crippen LogP contribution in [0.3, 0.4) is 0 Å². The van der Waals surface area contributed by atoms with Crippen LogP contribution in [-0.2, 0) is 17.4 Å². The van der Waals surface area contributed by atoms with E-state index in [-0.39, 0.29) is 0 Å². The number of hydrogen-bond acceptors (Lipinski definition) is 3. The number of ether oxygens (including phenoxy) is 2. The number of morpholine rings is 1. The number of aryl methyl sites for hydroxylation is 1. The fraction of sp³-hybridized carbons (Fsp3) is 0.167. The summed E-state index contributed by atoms with van der Waals surface area (Å²) < 4.78 is 15.2. The molecular formula is C36H30N2O2. The third-order valence-electron chi connectivity index (χ3n) is 8.67. The molecule has 0 saturated carbocycles. The summed E-state index contributed by atoms with van der Waals surface area (Å²) >= 11 is 0. The summed E-state index contributed by atoms with van der Waals surface area (Å²) in [5.74, 6) is 0.928. The standard InChI is InChI=1S/C36H30N2O2/c1-37-32-14-8-7-13-30(32)33-28-11-5-6-12-29(28)35-31(34(33)37)19-20-36(40-35,25-9-3-2-4-10-25)26-15-17-27(18-16-26)38-21-23-39-24-22-38/h2-20H,21-24H2,1H3. The molecule has 8 rings (SSSR count). The average molecular weight is 523 g/mol. The molecule has 1 unspecified atom stereocenters. The Hall–Kier alpha value is -4.54. The number of hydrogen-bond donors (Lipinski definition) is 0. The molecule has 6 aromatic rings. The molecule has 1 saturated heterocycles. The fourth-order valence-corrected chi connectivity index (χ4v) is 6.70. The van der Waals surface area contributed by atoms with Gasteiger partial charge < -0.3 is 18.9 Å². The first-order valence-electron chi connectivity index (χ1n) is 14.0. The third kappa shape index (κ3) is 3.36. The summed E-state index contributed by atoms with van der Waals surface area (Å²) in [7, 11) is 2.16. The van der Waals surface area contributed by atoms with Crippen molar-refractivity contribution in [2.45, 2.75) is 5.60 Å². The molecule has 0 radical (unpaired) electrons. The van der Waals surface area contributed by atoms with Crippen molar-refractivity contribution in [2.24, 2.45) is 7.05 Å². The van der Waals surface area contributed by atoms with Crippen molar-refractivity contribution in [1.82, 2.24) is 4.57 Å². The first kappa shape index (κ1) is 23.4. The van der Waals surface area contributed by atoms with Crippen LogP contribution in [0.2, 0.25) is 0 Å². The molecule has 0 bridgehead atoms. The first-order valence-corrected chi connectivity index (χ1v) is 14.0. The molecule has 40 heavy (non-hydrogen) atoms. The van der Waals surface area contributed by atoms with E-state index in [9.17, 15) is 0 Å². The molecular weight excluding hydrogens is 492 g/mol. The lowest BCUT2D eigenvalue weighted by atomic mass is 9.82. The highest BCUT2D eigenvalue weighted by atomic mass is 16.5. The quantitative estimate of drug-likeness (QED) is 0.239. The molecule has 0 spiro atoms. The summed E-state index contributed by atoms with van der Waals surface area (Å²) in [4.78, 5) is 2.39. The van der Waals surface area contributed by atoms with E-state index in [1.54, 1.807) is 0 Å². The van der Waals surface area contributed by atoms with Gasteiger partial charge in [0, 0.05) is 64.2 Å². The minimum Gasteiger partial charge on any atom is -0.472 e. The zero-order chi connectivity index (χ0) is 26.7. The van der Waals surface area contributed by atoms with E-state index in [2.05, 4.69) is 132 Å². The first-order chi connectivity index (χ1) is 19.7. The highest BCUT2D eigenvalue weighted by Crippen LogP contribution is 2.50. The van der Waals surface area contributed by atoms with Crippen molar-refractivity contribution in [1.29, 1.82) is 0 Å². The molecule has 4 heteroatoms. The Morgan fingerprint density at radius 2 is 1.32 bits per heavy atom. The molecule has 2 aliphatic rings. The van der Waals surface area contributed by atoms with Crippen molar-refractivity contribution >= 4 is 44.3 Å². The van der Waals surface area contributed by atoms with Gasteiger partial charge in [0.2, 0.25) is 0 Å². The van der Waals surface area contributed by atoms with Crippen molar-refractivity contribution in [2.75, 3.05) is 31.2 Å². The van der Waals surface area contributed by atoms with E-state index >= 15 is 0 Å². The van der Waals surface area contributed by atoms with Gasteiger partial charge in [-0.3, -0.25) is 0 Å². The lowest BCUT2D eigenvalue weighted by molar-refractivity contribution is 0.122. The van der Waals surface area contributed by atoms with E-state index in [0.29, 0.717) is 0 Å². The summed E-state index contributed by atoms with van der Waals surface area (Å²) in [6.07, 6.45) is 4.54. The molecule has 1 atom stereocenters. The SMILES string of the molecule is Cn1c2ccccc2c2c3ccccc3c3c(c21)C=CC(c1ccccc1)(c1ccc(N2CCOCC2)cc1)O3. The molecule has 0 aliphatic carbocycles. The van der Waals surface area contributed by atoms with E-state index in [0.717, 1.165) is 54.1 Å². The van der Waals surface area contributed by atoms with Gasteiger partial charge in [-0.1, -0.05) is 84.9 Å². The van der Waals surface area contributed by atoms with E-state index in [4.69, 9.17) is 9.47 Å². The number of benzene rings is 5. The molecule has 0 N–H and O–H groups in total. The number of anilines is 1. The van der Waals surface area contributed by atoms with Gasteiger partial charge in [-0.15, -0.1) is 0 Å². The van der Waals surface area contributed by atoms with Gasteiger partial charge in [0.1, 0.15) is 5.75 Å². The Labute approximate surface area is 233 Å². The van der Waals surface area contributed by atoms with Crippen molar-refractivity contribution in [3.8, 4) is 5.75 Å². The second kappa shape index (κ2) is 9.00.